The maximum Gasteiger partial charge on any atom is 0.273 e. The molecule has 1 aromatic rings. The average molecular weight is 253 g/mol. The third-order valence-electron chi connectivity index (χ3n) is 3.32. The number of hydrogen-bond donors (Lipinski definition) is 1. The monoisotopic (exact) mass is 253 g/mol. The molecule has 0 unspecified atom stereocenters. The Balaban J connectivity index is 1.99. The highest BCUT2D eigenvalue weighted by Gasteiger charge is 2.24. The zero-order valence-corrected chi connectivity index (χ0v) is 11.0. The number of nitrogens with two attached hydrogens (primary N) is 1. The molecule has 5 heteroatoms. The fourth-order valence-corrected chi connectivity index (χ4v) is 2.66. The first-order chi connectivity index (χ1) is 8.24. The molecule has 17 heavy (non-hydrogen) atoms. The van der Waals surface area contributed by atoms with Crippen LogP contribution in [0.2, 0.25) is 0 Å². The lowest BCUT2D eigenvalue weighted by molar-refractivity contribution is 0.0701. The first-order valence-corrected chi connectivity index (χ1v) is 7.06. The molecule has 1 saturated carbocycles. The number of carbonyl (C=O) groups is 1. The van der Waals surface area contributed by atoms with Crippen LogP contribution in [-0.2, 0) is 6.54 Å². The van der Waals surface area contributed by atoms with Crippen molar-refractivity contribution >= 4 is 17.2 Å². The number of rotatable bonds is 5. The molecule has 1 amide bonds. The van der Waals surface area contributed by atoms with Crippen LogP contribution in [0.5, 0.6) is 0 Å². The van der Waals surface area contributed by atoms with Gasteiger partial charge in [-0.3, -0.25) is 4.79 Å². The van der Waals surface area contributed by atoms with Crippen LogP contribution in [0.1, 0.15) is 41.7 Å². The van der Waals surface area contributed by atoms with E-state index in [1.165, 1.54) is 30.6 Å². The zero-order chi connectivity index (χ0) is 12.3. The molecule has 2 rings (SSSR count). The van der Waals surface area contributed by atoms with E-state index in [1.807, 2.05) is 17.2 Å². The summed E-state index contributed by atoms with van der Waals surface area (Å²) in [6.07, 6.45) is 3.83. The summed E-state index contributed by atoms with van der Waals surface area (Å²) in [5.41, 5.74) is 6.06. The summed E-state index contributed by atoms with van der Waals surface area (Å²) in [5, 5.41) is 2.64. The van der Waals surface area contributed by atoms with Gasteiger partial charge in [-0.25, -0.2) is 4.98 Å². The first kappa shape index (κ1) is 12.5. The molecule has 1 aromatic heterocycles. The first-order valence-electron chi connectivity index (χ1n) is 6.18. The summed E-state index contributed by atoms with van der Waals surface area (Å²) in [7, 11) is 0. The maximum absolute atomic E-state index is 12.2. The second-order valence-corrected chi connectivity index (χ2v) is 5.41. The van der Waals surface area contributed by atoms with Crippen molar-refractivity contribution in [1.29, 1.82) is 0 Å². The molecule has 1 aliphatic rings. The number of carbonyl (C=O) groups excluding carboxylic acids is 1. The van der Waals surface area contributed by atoms with E-state index in [0.29, 0.717) is 18.2 Å². The molecule has 1 fully saturated rings. The standard InChI is InChI=1S/C12H19N3OS/c1-2-15(7-9-4-3-5-9)12(16)10-8-17-11(6-13)14-10/h8-9H,2-7,13H2,1H3. The van der Waals surface area contributed by atoms with Crippen molar-refractivity contribution in [1.82, 2.24) is 9.88 Å². The van der Waals surface area contributed by atoms with Crippen LogP contribution in [0.15, 0.2) is 5.38 Å². The Morgan fingerprint density at radius 3 is 2.88 bits per heavy atom. The topological polar surface area (TPSA) is 59.2 Å². The number of hydrogen-bond acceptors (Lipinski definition) is 4. The minimum Gasteiger partial charge on any atom is -0.337 e. The predicted octanol–water partition coefficient (Wildman–Crippen LogP) is 1.86. The Kier molecular flexibility index (Phi) is 4.12. The molecule has 94 valence electrons. The largest absolute Gasteiger partial charge is 0.337 e. The molecule has 2 N–H and O–H groups in total. The van der Waals surface area contributed by atoms with E-state index >= 15 is 0 Å². The van der Waals surface area contributed by atoms with E-state index in [9.17, 15) is 4.79 Å². The van der Waals surface area contributed by atoms with Gasteiger partial charge in [0.25, 0.3) is 5.91 Å². The molecule has 0 spiro atoms. The molecule has 0 saturated heterocycles. The van der Waals surface area contributed by atoms with Gasteiger partial charge in [-0.15, -0.1) is 11.3 Å². The van der Waals surface area contributed by atoms with Gasteiger partial charge in [-0.05, 0) is 25.7 Å². The van der Waals surface area contributed by atoms with Gasteiger partial charge in [0.1, 0.15) is 10.7 Å². The Morgan fingerprint density at radius 1 is 1.65 bits per heavy atom. The van der Waals surface area contributed by atoms with E-state index < -0.39 is 0 Å². The fourth-order valence-electron chi connectivity index (χ4n) is 2.01. The van der Waals surface area contributed by atoms with E-state index in [2.05, 4.69) is 4.98 Å². The van der Waals surface area contributed by atoms with Crippen molar-refractivity contribution in [2.45, 2.75) is 32.7 Å². The summed E-state index contributed by atoms with van der Waals surface area (Å²) in [6, 6.07) is 0. The molecule has 1 aliphatic carbocycles. The molecular formula is C12H19N3OS. The maximum atomic E-state index is 12.2. The molecule has 0 bridgehead atoms. The third kappa shape index (κ3) is 2.84. The molecule has 1 heterocycles. The van der Waals surface area contributed by atoms with Crippen molar-refractivity contribution in [3.05, 3.63) is 16.1 Å². The van der Waals surface area contributed by atoms with Gasteiger partial charge in [-0.2, -0.15) is 0 Å². The second-order valence-electron chi connectivity index (χ2n) is 4.47. The predicted molar refractivity (Wildman–Crippen MR) is 68.9 cm³/mol. The Morgan fingerprint density at radius 2 is 2.41 bits per heavy atom. The molecule has 4 nitrogen and oxygen atoms in total. The summed E-state index contributed by atoms with van der Waals surface area (Å²) in [4.78, 5) is 18.4. The molecular weight excluding hydrogens is 234 g/mol. The minimum absolute atomic E-state index is 0.0513. The summed E-state index contributed by atoms with van der Waals surface area (Å²) in [5.74, 6) is 0.752. The highest BCUT2D eigenvalue weighted by atomic mass is 32.1. The van der Waals surface area contributed by atoms with Crippen molar-refractivity contribution in [3.8, 4) is 0 Å². The van der Waals surface area contributed by atoms with E-state index in [0.717, 1.165) is 18.1 Å². The summed E-state index contributed by atoms with van der Waals surface area (Å²) < 4.78 is 0. The summed E-state index contributed by atoms with van der Waals surface area (Å²) >= 11 is 1.46. The van der Waals surface area contributed by atoms with E-state index in [4.69, 9.17) is 5.73 Å². The van der Waals surface area contributed by atoms with Gasteiger partial charge in [0.2, 0.25) is 0 Å². The number of thiazole rings is 1. The lowest BCUT2D eigenvalue weighted by atomic mass is 9.85. The van der Waals surface area contributed by atoms with Gasteiger partial charge in [0, 0.05) is 25.0 Å². The van der Waals surface area contributed by atoms with Gasteiger partial charge < -0.3 is 10.6 Å². The van der Waals surface area contributed by atoms with Crippen molar-refractivity contribution in [2.24, 2.45) is 11.7 Å². The SMILES string of the molecule is CCN(CC1CCC1)C(=O)c1csc(CN)n1. The van der Waals surface area contributed by atoms with Crippen molar-refractivity contribution < 1.29 is 4.79 Å². The number of aromatic nitrogens is 1. The van der Waals surface area contributed by atoms with Crippen LogP contribution in [-0.4, -0.2) is 28.9 Å². The fraction of sp³-hybridized carbons (Fsp3) is 0.667. The highest BCUT2D eigenvalue weighted by molar-refractivity contribution is 7.09. The molecule has 0 radical (unpaired) electrons. The zero-order valence-electron chi connectivity index (χ0n) is 10.2. The molecule has 0 aromatic carbocycles. The highest BCUT2D eigenvalue weighted by Crippen LogP contribution is 2.27. The number of nitrogens with zero attached hydrogens (tertiary/aromatic N) is 2. The lowest BCUT2D eigenvalue weighted by Gasteiger charge is -2.31. The quantitative estimate of drug-likeness (QED) is 0.871. The normalized spacial score (nSPS) is 15.6. The van der Waals surface area contributed by atoms with Crippen LogP contribution in [0.3, 0.4) is 0 Å². The van der Waals surface area contributed by atoms with Crippen molar-refractivity contribution in [2.75, 3.05) is 13.1 Å². The average Bonchev–Trinajstić information content (AvgIpc) is 2.75. The molecule has 0 aliphatic heterocycles. The van der Waals surface area contributed by atoms with Crippen LogP contribution < -0.4 is 5.73 Å². The number of amides is 1. The van der Waals surface area contributed by atoms with E-state index in [-0.39, 0.29) is 5.91 Å². The van der Waals surface area contributed by atoms with Crippen LogP contribution in [0.4, 0.5) is 0 Å². The minimum atomic E-state index is 0.0513. The van der Waals surface area contributed by atoms with Gasteiger partial charge in [0.05, 0.1) is 0 Å². The van der Waals surface area contributed by atoms with Gasteiger partial charge >= 0.3 is 0 Å². The van der Waals surface area contributed by atoms with Crippen molar-refractivity contribution in [3.63, 3.8) is 0 Å². The molecule has 0 atom stereocenters. The van der Waals surface area contributed by atoms with Crippen LogP contribution >= 0.6 is 11.3 Å². The van der Waals surface area contributed by atoms with Gasteiger partial charge in [0.15, 0.2) is 0 Å². The summed E-state index contributed by atoms with van der Waals surface area (Å²) in [6.45, 7) is 4.06. The van der Waals surface area contributed by atoms with Crippen LogP contribution in [0.25, 0.3) is 0 Å². The van der Waals surface area contributed by atoms with Gasteiger partial charge in [-0.1, -0.05) is 6.42 Å². The third-order valence-corrected chi connectivity index (χ3v) is 4.19. The van der Waals surface area contributed by atoms with E-state index in [1.54, 1.807) is 0 Å². The van der Waals surface area contributed by atoms with Crippen LogP contribution in [0, 0.1) is 5.92 Å². The Hall–Kier alpha value is -0.940. The lowest BCUT2D eigenvalue weighted by Crippen LogP contribution is -2.37. The Labute approximate surface area is 106 Å². The smallest absolute Gasteiger partial charge is 0.273 e. The second kappa shape index (κ2) is 5.60. The Bertz CT molecular complexity index is 387.